The summed E-state index contributed by atoms with van der Waals surface area (Å²) in [6, 6.07) is 2.12. The van der Waals surface area contributed by atoms with Gasteiger partial charge in [0.25, 0.3) is 0 Å². The van der Waals surface area contributed by atoms with Crippen molar-refractivity contribution in [1.29, 1.82) is 0 Å². The van der Waals surface area contributed by atoms with E-state index in [9.17, 15) is 4.79 Å². The Balaban J connectivity index is 0.000000500. The molecule has 0 saturated carbocycles. The summed E-state index contributed by atoms with van der Waals surface area (Å²) in [6.45, 7) is 1.93. The molecular formula is C9H12O5. The van der Waals surface area contributed by atoms with Crippen molar-refractivity contribution in [3.05, 3.63) is 17.7 Å². The minimum absolute atomic E-state index is 0.109. The molecule has 0 unspecified atom stereocenters. The highest BCUT2D eigenvalue weighted by atomic mass is 16.3. The molecule has 0 aliphatic rings. The molecule has 0 amide bonds. The van der Waals surface area contributed by atoms with Crippen molar-refractivity contribution in [2.45, 2.75) is 6.92 Å². The molecule has 4 N–H and O–H groups in total. The molecule has 0 heterocycles. The third-order valence-corrected chi connectivity index (χ3v) is 1.23. The summed E-state index contributed by atoms with van der Waals surface area (Å²) in [6.07, 6.45) is 0.457. The van der Waals surface area contributed by atoms with Crippen LogP contribution in [0.3, 0.4) is 0 Å². The molecule has 0 bridgehead atoms. The lowest BCUT2D eigenvalue weighted by atomic mass is 10.2. The van der Waals surface area contributed by atoms with Crippen molar-refractivity contribution < 1.29 is 25.2 Å². The first-order valence-electron chi connectivity index (χ1n) is 3.87. The number of hydrogen-bond donors (Lipinski definition) is 4. The fraction of sp³-hybridized carbons (Fsp3) is 0.222. The molecule has 0 radical (unpaired) electrons. The Morgan fingerprint density at radius 2 is 1.57 bits per heavy atom. The summed E-state index contributed by atoms with van der Waals surface area (Å²) in [5.41, 5.74) is 0.109. The first-order chi connectivity index (χ1) is 6.56. The van der Waals surface area contributed by atoms with Crippen LogP contribution in [-0.4, -0.2) is 33.3 Å². The van der Waals surface area contributed by atoms with Gasteiger partial charge >= 0.3 is 0 Å². The second-order valence-corrected chi connectivity index (χ2v) is 2.34. The Bertz CT molecular complexity index is 285. The predicted molar refractivity (Wildman–Crippen MR) is 49.6 cm³/mol. The minimum atomic E-state index is -0.615. The van der Waals surface area contributed by atoms with E-state index in [0.717, 1.165) is 12.1 Å². The molecule has 0 aliphatic heterocycles. The molecule has 0 atom stereocenters. The molecule has 5 heteroatoms. The van der Waals surface area contributed by atoms with Crippen molar-refractivity contribution in [3.8, 4) is 17.2 Å². The number of hydrogen-bond acceptors (Lipinski definition) is 5. The molecule has 5 nitrogen and oxygen atoms in total. The average molecular weight is 200 g/mol. The number of aldehydes is 1. The average Bonchev–Trinajstić information content (AvgIpc) is 2.14. The SMILES string of the molecule is CCO.O=Cc1cc(O)c(O)c(O)c1. The molecule has 14 heavy (non-hydrogen) atoms. The van der Waals surface area contributed by atoms with Crippen LogP contribution in [0, 0.1) is 0 Å². The molecule has 1 aromatic carbocycles. The summed E-state index contributed by atoms with van der Waals surface area (Å²) in [5.74, 6) is -1.63. The lowest BCUT2D eigenvalue weighted by molar-refractivity contribution is 0.112. The zero-order valence-electron chi connectivity index (χ0n) is 7.64. The van der Waals surface area contributed by atoms with E-state index in [1.54, 1.807) is 6.92 Å². The van der Waals surface area contributed by atoms with Gasteiger partial charge in [-0.3, -0.25) is 4.79 Å². The van der Waals surface area contributed by atoms with Gasteiger partial charge < -0.3 is 20.4 Å². The van der Waals surface area contributed by atoms with Gasteiger partial charge in [0.1, 0.15) is 6.29 Å². The van der Waals surface area contributed by atoms with Crippen LogP contribution >= 0.6 is 0 Å². The van der Waals surface area contributed by atoms with Crippen molar-refractivity contribution >= 4 is 6.29 Å². The van der Waals surface area contributed by atoms with Crippen molar-refractivity contribution in [1.82, 2.24) is 0 Å². The quantitative estimate of drug-likeness (QED) is 0.393. The maximum absolute atomic E-state index is 10.1. The number of carbonyl (C=O) groups excluding carboxylic acids is 1. The molecule has 0 saturated heterocycles. The van der Waals surface area contributed by atoms with E-state index in [4.69, 9.17) is 20.4 Å². The number of aliphatic hydroxyl groups excluding tert-OH is 1. The van der Waals surface area contributed by atoms with Crippen LogP contribution < -0.4 is 0 Å². The van der Waals surface area contributed by atoms with E-state index >= 15 is 0 Å². The van der Waals surface area contributed by atoms with E-state index in [1.807, 2.05) is 0 Å². The largest absolute Gasteiger partial charge is 0.504 e. The number of phenolic OH excluding ortho intramolecular Hbond substituents is 3. The van der Waals surface area contributed by atoms with Gasteiger partial charge in [-0.2, -0.15) is 0 Å². The van der Waals surface area contributed by atoms with Gasteiger partial charge in [-0.1, -0.05) is 0 Å². The molecule has 0 aromatic heterocycles. The second-order valence-electron chi connectivity index (χ2n) is 2.34. The van der Waals surface area contributed by atoms with E-state index in [-0.39, 0.29) is 12.2 Å². The number of rotatable bonds is 1. The second kappa shape index (κ2) is 5.82. The number of benzene rings is 1. The highest BCUT2D eigenvalue weighted by Gasteiger charge is 2.06. The van der Waals surface area contributed by atoms with Crippen LogP contribution in [0.2, 0.25) is 0 Å². The van der Waals surface area contributed by atoms with Gasteiger partial charge in [0.15, 0.2) is 17.2 Å². The van der Waals surface area contributed by atoms with Crippen molar-refractivity contribution in [2.75, 3.05) is 6.61 Å². The first kappa shape index (κ1) is 12.2. The molecule has 78 valence electrons. The van der Waals surface area contributed by atoms with Crippen LogP contribution in [0.5, 0.6) is 17.2 Å². The highest BCUT2D eigenvalue weighted by Crippen LogP contribution is 2.34. The van der Waals surface area contributed by atoms with Crippen LogP contribution in [0.25, 0.3) is 0 Å². The Morgan fingerprint density at radius 1 is 1.21 bits per heavy atom. The van der Waals surface area contributed by atoms with Crippen LogP contribution in [0.4, 0.5) is 0 Å². The standard InChI is InChI=1S/C7H6O4.C2H6O/c8-3-4-1-5(9)7(11)6(10)2-4;1-2-3/h1-3,9-11H;3H,2H2,1H3. The minimum Gasteiger partial charge on any atom is -0.504 e. The molecular weight excluding hydrogens is 188 g/mol. The maximum atomic E-state index is 10.1. The topological polar surface area (TPSA) is 98.0 Å². The monoisotopic (exact) mass is 200 g/mol. The van der Waals surface area contributed by atoms with E-state index in [2.05, 4.69) is 0 Å². The summed E-state index contributed by atoms with van der Waals surface area (Å²) in [4.78, 5) is 10.1. The first-order valence-corrected chi connectivity index (χ1v) is 3.87. The normalized spacial score (nSPS) is 8.71. The van der Waals surface area contributed by atoms with Gasteiger partial charge in [0.2, 0.25) is 0 Å². The molecule has 0 fully saturated rings. The third kappa shape index (κ3) is 3.32. The van der Waals surface area contributed by atoms with E-state index < -0.39 is 17.2 Å². The third-order valence-electron chi connectivity index (χ3n) is 1.23. The van der Waals surface area contributed by atoms with E-state index in [1.165, 1.54) is 0 Å². The van der Waals surface area contributed by atoms with Gasteiger partial charge in [-0.25, -0.2) is 0 Å². The fourth-order valence-electron chi connectivity index (χ4n) is 0.693. The van der Waals surface area contributed by atoms with Gasteiger partial charge in [0, 0.05) is 12.2 Å². The van der Waals surface area contributed by atoms with Crippen LogP contribution in [0.15, 0.2) is 12.1 Å². The lowest BCUT2D eigenvalue weighted by Crippen LogP contribution is -1.79. The summed E-state index contributed by atoms with van der Waals surface area (Å²) < 4.78 is 0. The highest BCUT2D eigenvalue weighted by molar-refractivity contribution is 5.77. The van der Waals surface area contributed by atoms with Crippen LogP contribution in [-0.2, 0) is 0 Å². The zero-order valence-corrected chi connectivity index (χ0v) is 7.64. The Morgan fingerprint density at radius 3 is 1.86 bits per heavy atom. The summed E-state index contributed by atoms with van der Waals surface area (Å²) >= 11 is 0. The van der Waals surface area contributed by atoms with Crippen molar-refractivity contribution in [3.63, 3.8) is 0 Å². The lowest BCUT2D eigenvalue weighted by Gasteiger charge is -1.99. The van der Waals surface area contributed by atoms with Crippen molar-refractivity contribution in [2.24, 2.45) is 0 Å². The Labute approximate surface area is 80.9 Å². The maximum Gasteiger partial charge on any atom is 0.200 e. The number of aromatic hydroxyl groups is 3. The van der Waals surface area contributed by atoms with Crippen LogP contribution in [0.1, 0.15) is 17.3 Å². The number of carbonyl (C=O) groups is 1. The Hall–Kier alpha value is -1.75. The molecule has 1 rings (SSSR count). The predicted octanol–water partition coefficient (Wildman–Crippen LogP) is 0.614. The van der Waals surface area contributed by atoms with Gasteiger partial charge in [-0.05, 0) is 19.1 Å². The smallest absolute Gasteiger partial charge is 0.200 e. The summed E-state index contributed by atoms with van der Waals surface area (Å²) in [7, 11) is 0. The summed E-state index contributed by atoms with van der Waals surface area (Å²) in [5, 5.41) is 34.1. The van der Waals surface area contributed by atoms with Gasteiger partial charge in [-0.15, -0.1) is 0 Å². The molecule has 0 aliphatic carbocycles. The van der Waals surface area contributed by atoms with Gasteiger partial charge in [0.05, 0.1) is 0 Å². The van der Waals surface area contributed by atoms with E-state index in [0.29, 0.717) is 6.29 Å². The molecule has 1 aromatic rings. The molecule has 0 spiro atoms. The number of aliphatic hydroxyl groups is 1. The fourth-order valence-corrected chi connectivity index (χ4v) is 0.693. The number of phenols is 3. The Kier molecular flexibility index (Phi) is 5.09. The zero-order chi connectivity index (χ0) is 11.1.